The van der Waals surface area contributed by atoms with Crippen molar-refractivity contribution in [2.45, 2.75) is 19.1 Å². The minimum absolute atomic E-state index is 0.00783. The molecular formula is C22H22ClF3N6. The lowest BCUT2D eigenvalue weighted by molar-refractivity contribution is -0.137. The van der Waals surface area contributed by atoms with Crippen molar-refractivity contribution in [3.8, 4) is 0 Å². The van der Waals surface area contributed by atoms with E-state index in [9.17, 15) is 13.2 Å². The third-order valence-corrected chi connectivity index (χ3v) is 5.44. The first-order valence-corrected chi connectivity index (χ1v) is 10.4. The number of halogens is 4. The largest absolute Gasteiger partial charge is 0.418 e. The number of alkyl halides is 3. The molecule has 1 aliphatic heterocycles. The number of fused-ring (bicyclic) bond motifs is 1. The molecule has 0 saturated heterocycles. The molecular weight excluding hydrogens is 441 g/mol. The molecule has 10 heteroatoms. The molecule has 0 amide bonds. The molecule has 6 nitrogen and oxygen atoms in total. The highest BCUT2D eigenvalue weighted by atomic mass is 35.5. The fourth-order valence-electron chi connectivity index (χ4n) is 3.60. The molecule has 0 bridgehead atoms. The van der Waals surface area contributed by atoms with Crippen LogP contribution in [0.25, 0.3) is 0 Å². The second-order valence-corrected chi connectivity index (χ2v) is 8.05. The number of hydrogen-bond acceptors (Lipinski definition) is 6. The summed E-state index contributed by atoms with van der Waals surface area (Å²) in [5.74, 6) is 0.292. The Balaban J connectivity index is 1.68. The van der Waals surface area contributed by atoms with Crippen molar-refractivity contribution in [3.63, 3.8) is 0 Å². The molecule has 0 saturated carbocycles. The number of hydrogen-bond donors (Lipinski definition) is 3. The minimum atomic E-state index is -4.51. The predicted octanol–water partition coefficient (Wildman–Crippen LogP) is 5.35. The Morgan fingerprint density at radius 1 is 1.06 bits per heavy atom. The molecule has 0 fully saturated rings. The molecule has 2 heterocycles. The fourth-order valence-corrected chi connectivity index (χ4v) is 3.74. The van der Waals surface area contributed by atoms with E-state index >= 15 is 0 Å². The Hall–Kier alpha value is -3.04. The molecule has 1 aromatic heterocycles. The maximum absolute atomic E-state index is 13.7. The van der Waals surface area contributed by atoms with Gasteiger partial charge in [-0.2, -0.15) is 18.2 Å². The van der Waals surface area contributed by atoms with Gasteiger partial charge in [0.15, 0.2) is 5.82 Å². The van der Waals surface area contributed by atoms with Crippen LogP contribution in [0.4, 0.5) is 42.0 Å². The molecule has 3 aromatic rings. The van der Waals surface area contributed by atoms with E-state index in [1.54, 1.807) is 0 Å². The SMILES string of the molecule is CN(C)c1ccccc1Nc1nc(Nc2cc3c(cc2C(F)(F)F)CCNC3)ncc1Cl. The first-order chi connectivity index (χ1) is 15.2. The van der Waals surface area contributed by atoms with Gasteiger partial charge in [0.25, 0.3) is 0 Å². The third-order valence-electron chi connectivity index (χ3n) is 5.16. The summed E-state index contributed by atoms with van der Waals surface area (Å²) < 4.78 is 41.2. The molecule has 4 rings (SSSR count). The Labute approximate surface area is 188 Å². The van der Waals surface area contributed by atoms with Crippen molar-refractivity contribution in [2.24, 2.45) is 0 Å². The van der Waals surface area contributed by atoms with E-state index in [0.717, 1.165) is 16.9 Å². The highest BCUT2D eigenvalue weighted by molar-refractivity contribution is 6.33. The van der Waals surface area contributed by atoms with Crippen LogP contribution in [0.2, 0.25) is 5.02 Å². The Morgan fingerprint density at radius 3 is 2.59 bits per heavy atom. The van der Waals surface area contributed by atoms with Gasteiger partial charge in [0, 0.05) is 20.6 Å². The fraction of sp³-hybridized carbons (Fsp3) is 0.273. The quantitative estimate of drug-likeness (QED) is 0.475. The van der Waals surface area contributed by atoms with E-state index in [4.69, 9.17) is 11.6 Å². The molecule has 3 N–H and O–H groups in total. The van der Waals surface area contributed by atoms with Gasteiger partial charge in [-0.1, -0.05) is 23.7 Å². The standard InChI is InChI=1S/C22H22ClF3N6/c1-32(2)19-6-4-3-5-17(19)29-20-16(23)12-28-21(31-20)30-18-10-14-11-27-8-7-13(14)9-15(18)22(24,25)26/h3-6,9-10,12,27H,7-8,11H2,1-2H3,(H2,28,29,30,31). The number of rotatable bonds is 5. The summed E-state index contributed by atoms with van der Waals surface area (Å²) in [6, 6.07) is 10.3. The second kappa shape index (κ2) is 8.84. The number of benzene rings is 2. The van der Waals surface area contributed by atoms with E-state index in [0.29, 0.717) is 25.1 Å². The number of nitrogens with one attached hydrogen (secondary N) is 3. The van der Waals surface area contributed by atoms with E-state index in [-0.39, 0.29) is 22.5 Å². The summed E-state index contributed by atoms with van der Waals surface area (Å²) in [6.45, 7) is 1.17. The van der Waals surface area contributed by atoms with Crippen molar-refractivity contribution < 1.29 is 13.2 Å². The van der Waals surface area contributed by atoms with Gasteiger partial charge in [-0.3, -0.25) is 0 Å². The maximum Gasteiger partial charge on any atom is 0.418 e. The van der Waals surface area contributed by atoms with Gasteiger partial charge in [0.05, 0.1) is 28.8 Å². The average Bonchev–Trinajstić information content (AvgIpc) is 2.75. The topological polar surface area (TPSA) is 65.1 Å². The van der Waals surface area contributed by atoms with Crippen LogP contribution in [-0.2, 0) is 19.1 Å². The third kappa shape index (κ3) is 4.73. The van der Waals surface area contributed by atoms with Crippen molar-refractivity contribution >= 4 is 40.4 Å². The summed E-state index contributed by atoms with van der Waals surface area (Å²) in [5.41, 5.74) is 2.32. The summed E-state index contributed by atoms with van der Waals surface area (Å²) in [6.07, 6.45) is -2.61. The van der Waals surface area contributed by atoms with Crippen LogP contribution in [0.3, 0.4) is 0 Å². The van der Waals surface area contributed by atoms with Crippen molar-refractivity contribution in [3.05, 3.63) is 64.3 Å². The summed E-state index contributed by atoms with van der Waals surface area (Å²) in [4.78, 5) is 10.3. The molecule has 168 valence electrons. The molecule has 0 aliphatic carbocycles. The number of anilines is 5. The van der Waals surface area contributed by atoms with Gasteiger partial charge < -0.3 is 20.9 Å². The molecule has 0 atom stereocenters. The minimum Gasteiger partial charge on any atom is -0.376 e. The normalized spacial score (nSPS) is 13.4. The van der Waals surface area contributed by atoms with E-state index in [1.165, 1.54) is 18.3 Å². The lowest BCUT2D eigenvalue weighted by Crippen LogP contribution is -2.24. The second-order valence-electron chi connectivity index (χ2n) is 7.64. The number of aromatic nitrogens is 2. The van der Waals surface area contributed by atoms with Crippen LogP contribution in [0.5, 0.6) is 0 Å². The first-order valence-electron chi connectivity index (χ1n) is 9.99. The monoisotopic (exact) mass is 462 g/mol. The lowest BCUT2D eigenvalue weighted by Gasteiger charge is -2.22. The van der Waals surface area contributed by atoms with Crippen LogP contribution >= 0.6 is 11.6 Å². The highest BCUT2D eigenvalue weighted by Gasteiger charge is 2.35. The number of para-hydroxylation sites is 2. The zero-order valence-electron chi connectivity index (χ0n) is 17.5. The molecule has 0 spiro atoms. The number of nitrogens with zero attached hydrogens (tertiary/aromatic N) is 3. The first kappa shape index (κ1) is 22.2. The van der Waals surface area contributed by atoms with Crippen LogP contribution in [0, 0.1) is 0 Å². The summed E-state index contributed by atoms with van der Waals surface area (Å²) >= 11 is 6.26. The Kier molecular flexibility index (Phi) is 6.12. The average molecular weight is 463 g/mol. The van der Waals surface area contributed by atoms with Gasteiger partial charge >= 0.3 is 6.18 Å². The molecule has 1 aliphatic rings. The van der Waals surface area contributed by atoms with Gasteiger partial charge in [-0.15, -0.1) is 0 Å². The lowest BCUT2D eigenvalue weighted by atomic mass is 9.96. The molecule has 32 heavy (non-hydrogen) atoms. The molecule has 0 unspecified atom stereocenters. The van der Waals surface area contributed by atoms with Crippen molar-refractivity contribution in [1.29, 1.82) is 0 Å². The summed E-state index contributed by atoms with van der Waals surface area (Å²) in [7, 11) is 3.80. The van der Waals surface area contributed by atoms with Gasteiger partial charge in [-0.25, -0.2) is 4.98 Å². The van der Waals surface area contributed by atoms with E-state index in [1.807, 2.05) is 43.3 Å². The maximum atomic E-state index is 13.7. The van der Waals surface area contributed by atoms with E-state index in [2.05, 4.69) is 25.9 Å². The van der Waals surface area contributed by atoms with E-state index < -0.39 is 11.7 Å². The van der Waals surface area contributed by atoms with Gasteiger partial charge in [0.2, 0.25) is 5.95 Å². The summed E-state index contributed by atoms with van der Waals surface area (Å²) in [5, 5.41) is 9.31. The highest BCUT2D eigenvalue weighted by Crippen LogP contribution is 2.38. The van der Waals surface area contributed by atoms with Crippen molar-refractivity contribution in [2.75, 3.05) is 36.2 Å². The molecule has 2 aromatic carbocycles. The zero-order valence-corrected chi connectivity index (χ0v) is 18.3. The van der Waals surface area contributed by atoms with Crippen LogP contribution in [-0.4, -0.2) is 30.6 Å². The van der Waals surface area contributed by atoms with Crippen LogP contribution < -0.4 is 20.9 Å². The smallest absolute Gasteiger partial charge is 0.376 e. The van der Waals surface area contributed by atoms with Crippen molar-refractivity contribution in [1.82, 2.24) is 15.3 Å². The zero-order chi connectivity index (χ0) is 22.9. The molecule has 0 radical (unpaired) electrons. The Bertz CT molecular complexity index is 1130. The van der Waals surface area contributed by atoms with Gasteiger partial charge in [-0.05, 0) is 48.4 Å². The van der Waals surface area contributed by atoms with Gasteiger partial charge in [0.1, 0.15) is 5.02 Å². The predicted molar refractivity (Wildman–Crippen MR) is 121 cm³/mol. The van der Waals surface area contributed by atoms with Crippen LogP contribution in [0.15, 0.2) is 42.6 Å². The van der Waals surface area contributed by atoms with Crippen LogP contribution in [0.1, 0.15) is 16.7 Å². The Morgan fingerprint density at radius 2 is 1.84 bits per heavy atom.